The Morgan fingerprint density at radius 1 is 1.17 bits per heavy atom. The van der Waals surface area contributed by atoms with E-state index in [-0.39, 0.29) is 35.3 Å². The average Bonchev–Trinajstić information content (AvgIpc) is 3.18. The summed E-state index contributed by atoms with van der Waals surface area (Å²) in [5.41, 5.74) is -0.00347. The summed E-state index contributed by atoms with van der Waals surface area (Å²) in [6.45, 7) is 0. The molecule has 23 heavy (non-hydrogen) atoms. The van der Waals surface area contributed by atoms with Crippen LogP contribution in [0.3, 0.4) is 0 Å². The van der Waals surface area contributed by atoms with E-state index in [2.05, 4.69) is 5.32 Å². The van der Waals surface area contributed by atoms with Crippen molar-refractivity contribution >= 4 is 15.7 Å². The first-order valence-electron chi connectivity index (χ1n) is 7.34. The first kappa shape index (κ1) is 16.3. The predicted molar refractivity (Wildman–Crippen MR) is 77.5 cm³/mol. The second kappa shape index (κ2) is 5.51. The summed E-state index contributed by atoms with van der Waals surface area (Å²) < 4.78 is 60.3. The van der Waals surface area contributed by atoms with Crippen LogP contribution < -0.4 is 5.32 Å². The van der Waals surface area contributed by atoms with Gasteiger partial charge in [0.15, 0.2) is 9.84 Å². The fraction of sp³-hybridized carbons (Fsp3) is 0.533. The molecule has 1 saturated heterocycles. The molecular weight excluding hydrogens is 331 g/mol. The van der Waals surface area contributed by atoms with Crippen LogP contribution in [0.15, 0.2) is 24.3 Å². The first-order chi connectivity index (χ1) is 10.7. The van der Waals surface area contributed by atoms with Gasteiger partial charge in [0.1, 0.15) is 0 Å². The fourth-order valence-corrected chi connectivity index (χ4v) is 4.66. The molecule has 1 saturated carbocycles. The fourth-order valence-electron chi connectivity index (χ4n) is 2.99. The molecule has 1 N–H and O–H groups in total. The maximum absolute atomic E-state index is 12.5. The zero-order valence-electron chi connectivity index (χ0n) is 12.1. The maximum atomic E-state index is 12.5. The lowest BCUT2D eigenvalue weighted by Gasteiger charge is -2.11. The summed E-state index contributed by atoms with van der Waals surface area (Å²) in [7, 11) is -3.05. The molecule has 1 aliphatic carbocycles. The van der Waals surface area contributed by atoms with E-state index in [4.69, 9.17) is 0 Å². The highest BCUT2D eigenvalue weighted by Crippen LogP contribution is 2.48. The van der Waals surface area contributed by atoms with Gasteiger partial charge in [-0.3, -0.25) is 4.79 Å². The number of nitrogens with one attached hydrogen (secondary N) is 1. The molecule has 1 aromatic rings. The van der Waals surface area contributed by atoms with Crippen LogP contribution in [0.1, 0.15) is 29.9 Å². The topological polar surface area (TPSA) is 63.2 Å². The molecule has 3 rings (SSSR count). The van der Waals surface area contributed by atoms with Crippen LogP contribution in [0.4, 0.5) is 13.2 Å². The number of halogens is 3. The lowest BCUT2D eigenvalue weighted by molar-refractivity contribution is -0.137. The SMILES string of the molecule is O=C(NC1CCS(=O)(=O)C1)C1CC1c1ccc(C(F)(F)F)cc1. The number of alkyl halides is 3. The third-order valence-electron chi connectivity index (χ3n) is 4.37. The highest BCUT2D eigenvalue weighted by molar-refractivity contribution is 7.91. The van der Waals surface area contributed by atoms with Crippen molar-refractivity contribution in [2.45, 2.75) is 31.0 Å². The molecule has 1 amide bonds. The van der Waals surface area contributed by atoms with E-state index < -0.39 is 21.6 Å². The molecule has 1 aromatic carbocycles. The Morgan fingerprint density at radius 2 is 1.83 bits per heavy atom. The summed E-state index contributed by atoms with van der Waals surface area (Å²) in [6, 6.07) is 4.50. The minimum Gasteiger partial charge on any atom is -0.352 e. The average molecular weight is 347 g/mol. The van der Waals surface area contributed by atoms with Gasteiger partial charge in [0.25, 0.3) is 0 Å². The molecular formula is C15H16F3NO3S. The van der Waals surface area contributed by atoms with Crippen molar-refractivity contribution in [3.63, 3.8) is 0 Å². The number of hydrogen-bond acceptors (Lipinski definition) is 3. The zero-order chi connectivity index (χ0) is 16.8. The van der Waals surface area contributed by atoms with E-state index in [0.29, 0.717) is 18.4 Å². The minimum atomic E-state index is -4.37. The number of sulfone groups is 1. The van der Waals surface area contributed by atoms with Gasteiger partial charge in [0, 0.05) is 12.0 Å². The Kier molecular flexibility index (Phi) is 3.90. The molecule has 0 radical (unpaired) electrons. The summed E-state index contributed by atoms with van der Waals surface area (Å²) >= 11 is 0. The number of amides is 1. The van der Waals surface area contributed by atoms with E-state index >= 15 is 0 Å². The van der Waals surface area contributed by atoms with Gasteiger partial charge in [-0.25, -0.2) is 8.42 Å². The summed E-state index contributed by atoms with van der Waals surface area (Å²) in [4.78, 5) is 12.1. The van der Waals surface area contributed by atoms with Gasteiger partial charge in [-0.15, -0.1) is 0 Å². The Morgan fingerprint density at radius 3 is 2.35 bits per heavy atom. The van der Waals surface area contributed by atoms with Crippen LogP contribution in [0, 0.1) is 5.92 Å². The van der Waals surface area contributed by atoms with Crippen molar-refractivity contribution in [2.75, 3.05) is 11.5 Å². The third-order valence-corrected chi connectivity index (χ3v) is 6.14. The smallest absolute Gasteiger partial charge is 0.352 e. The molecule has 3 atom stereocenters. The van der Waals surface area contributed by atoms with Crippen LogP contribution in [0.2, 0.25) is 0 Å². The van der Waals surface area contributed by atoms with Gasteiger partial charge in [-0.1, -0.05) is 12.1 Å². The van der Waals surface area contributed by atoms with E-state index in [1.807, 2.05) is 0 Å². The standard InChI is InChI=1S/C15H16F3NO3S/c16-15(17,18)10-3-1-9(2-4-10)12-7-13(12)14(20)19-11-5-6-23(21,22)8-11/h1-4,11-13H,5-8H2,(H,19,20). The molecule has 0 spiro atoms. The maximum Gasteiger partial charge on any atom is 0.416 e. The quantitative estimate of drug-likeness (QED) is 0.911. The van der Waals surface area contributed by atoms with Gasteiger partial charge in [0.2, 0.25) is 5.91 Å². The van der Waals surface area contributed by atoms with Crippen LogP contribution in [-0.2, 0) is 20.8 Å². The van der Waals surface area contributed by atoms with Crippen molar-refractivity contribution in [1.82, 2.24) is 5.32 Å². The first-order valence-corrected chi connectivity index (χ1v) is 9.16. The van der Waals surface area contributed by atoms with Crippen molar-refractivity contribution in [1.29, 1.82) is 0 Å². The van der Waals surface area contributed by atoms with Crippen molar-refractivity contribution < 1.29 is 26.4 Å². The molecule has 2 aliphatic rings. The lowest BCUT2D eigenvalue weighted by atomic mass is 10.1. The third kappa shape index (κ3) is 3.68. The molecule has 1 aliphatic heterocycles. The number of rotatable bonds is 3. The highest BCUT2D eigenvalue weighted by atomic mass is 32.2. The predicted octanol–water partition coefficient (Wildman–Crippen LogP) is 2.11. The number of hydrogen-bond donors (Lipinski definition) is 1. The lowest BCUT2D eigenvalue weighted by Crippen LogP contribution is -2.36. The van der Waals surface area contributed by atoms with Gasteiger partial charge in [0.05, 0.1) is 17.1 Å². The van der Waals surface area contributed by atoms with Gasteiger partial charge in [-0.05, 0) is 36.5 Å². The largest absolute Gasteiger partial charge is 0.416 e. The molecule has 2 fully saturated rings. The molecule has 8 heteroatoms. The van der Waals surface area contributed by atoms with Gasteiger partial charge >= 0.3 is 6.18 Å². The second-order valence-electron chi connectivity index (χ2n) is 6.18. The number of carbonyl (C=O) groups is 1. The van der Waals surface area contributed by atoms with Crippen molar-refractivity contribution in [3.05, 3.63) is 35.4 Å². The molecule has 126 valence electrons. The molecule has 0 bridgehead atoms. The van der Waals surface area contributed by atoms with Crippen LogP contribution >= 0.6 is 0 Å². The van der Waals surface area contributed by atoms with E-state index in [9.17, 15) is 26.4 Å². The van der Waals surface area contributed by atoms with Crippen LogP contribution in [0.25, 0.3) is 0 Å². The normalized spacial score (nSPS) is 29.3. The summed E-state index contributed by atoms with van der Waals surface area (Å²) in [6.07, 6.45) is -3.37. The van der Waals surface area contributed by atoms with Crippen LogP contribution in [-0.4, -0.2) is 31.9 Å². The van der Waals surface area contributed by atoms with Crippen molar-refractivity contribution in [3.8, 4) is 0 Å². The Hall–Kier alpha value is -1.57. The highest BCUT2D eigenvalue weighted by Gasteiger charge is 2.45. The Balaban J connectivity index is 1.58. The molecule has 4 nitrogen and oxygen atoms in total. The van der Waals surface area contributed by atoms with E-state index in [1.54, 1.807) is 0 Å². The summed E-state index contributed by atoms with van der Waals surface area (Å²) in [5.74, 6) is -0.524. The Bertz CT molecular complexity index is 712. The molecule has 3 unspecified atom stereocenters. The van der Waals surface area contributed by atoms with Gasteiger partial charge < -0.3 is 5.32 Å². The van der Waals surface area contributed by atoms with Gasteiger partial charge in [-0.2, -0.15) is 13.2 Å². The van der Waals surface area contributed by atoms with Crippen molar-refractivity contribution in [2.24, 2.45) is 5.92 Å². The monoisotopic (exact) mass is 347 g/mol. The zero-order valence-corrected chi connectivity index (χ0v) is 13.0. The number of carbonyl (C=O) groups excluding carboxylic acids is 1. The summed E-state index contributed by atoms with van der Waals surface area (Å²) in [5, 5.41) is 2.73. The van der Waals surface area contributed by atoms with E-state index in [0.717, 1.165) is 12.1 Å². The minimum absolute atomic E-state index is 0.0313. The van der Waals surface area contributed by atoms with E-state index in [1.165, 1.54) is 12.1 Å². The Labute approximate surface area is 132 Å². The second-order valence-corrected chi connectivity index (χ2v) is 8.41. The number of benzene rings is 1. The molecule has 0 aromatic heterocycles. The molecule has 1 heterocycles. The van der Waals surface area contributed by atoms with Crippen LogP contribution in [0.5, 0.6) is 0 Å².